The topological polar surface area (TPSA) is 49.3 Å². The summed E-state index contributed by atoms with van der Waals surface area (Å²) in [5.41, 5.74) is 3.11. The van der Waals surface area contributed by atoms with Crippen molar-refractivity contribution in [1.82, 2.24) is 5.32 Å². The zero-order valence-electron chi connectivity index (χ0n) is 12.5. The third-order valence-electron chi connectivity index (χ3n) is 3.65. The van der Waals surface area contributed by atoms with E-state index in [4.69, 9.17) is 0 Å². The molecule has 0 heterocycles. The lowest BCUT2D eigenvalue weighted by atomic mass is 10.0. The normalized spacial score (nSPS) is 11.9. The van der Waals surface area contributed by atoms with Crippen LogP contribution in [0.15, 0.2) is 48.5 Å². The first kappa shape index (κ1) is 15.1. The van der Waals surface area contributed by atoms with Crippen molar-refractivity contribution in [2.24, 2.45) is 0 Å². The maximum Gasteiger partial charge on any atom is 0.220 e. The first-order valence-electron chi connectivity index (χ1n) is 7.19. The number of aromatic hydroxyl groups is 1. The van der Waals surface area contributed by atoms with Gasteiger partial charge in [0.25, 0.3) is 0 Å². The Labute approximate surface area is 125 Å². The van der Waals surface area contributed by atoms with Crippen molar-refractivity contribution in [1.29, 1.82) is 0 Å². The first-order valence-corrected chi connectivity index (χ1v) is 7.19. The summed E-state index contributed by atoms with van der Waals surface area (Å²) in [4.78, 5) is 12.0. The molecule has 0 saturated heterocycles. The van der Waals surface area contributed by atoms with Crippen LogP contribution in [0.5, 0.6) is 5.75 Å². The summed E-state index contributed by atoms with van der Waals surface area (Å²) in [7, 11) is 0. The van der Waals surface area contributed by atoms with E-state index in [-0.39, 0.29) is 17.7 Å². The van der Waals surface area contributed by atoms with Gasteiger partial charge in [-0.1, -0.05) is 42.5 Å². The SMILES string of the molecule is Cc1ccccc1C(C)NC(=O)CCc1ccccc1O. The summed E-state index contributed by atoms with van der Waals surface area (Å²) < 4.78 is 0. The van der Waals surface area contributed by atoms with Crippen molar-refractivity contribution in [3.63, 3.8) is 0 Å². The zero-order chi connectivity index (χ0) is 15.2. The van der Waals surface area contributed by atoms with Gasteiger partial charge in [0.15, 0.2) is 0 Å². The summed E-state index contributed by atoms with van der Waals surface area (Å²) in [6.45, 7) is 4.03. The van der Waals surface area contributed by atoms with Crippen LogP contribution >= 0.6 is 0 Å². The van der Waals surface area contributed by atoms with Crippen molar-refractivity contribution in [3.8, 4) is 5.75 Å². The van der Waals surface area contributed by atoms with Gasteiger partial charge in [-0.2, -0.15) is 0 Å². The second-order valence-corrected chi connectivity index (χ2v) is 5.27. The Bertz CT molecular complexity index is 622. The average molecular weight is 283 g/mol. The molecule has 2 N–H and O–H groups in total. The zero-order valence-corrected chi connectivity index (χ0v) is 12.5. The fourth-order valence-corrected chi connectivity index (χ4v) is 2.43. The Kier molecular flexibility index (Phi) is 4.99. The van der Waals surface area contributed by atoms with Gasteiger partial charge in [0.2, 0.25) is 5.91 Å². The molecule has 110 valence electrons. The number of rotatable bonds is 5. The van der Waals surface area contributed by atoms with Crippen molar-refractivity contribution in [2.45, 2.75) is 32.7 Å². The van der Waals surface area contributed by atoms with Crippen LogP contribution < -0.4 is 5.32 Å². The summed E-state index contributed by atoms with van der Waals surface area (Å²) in [5.74, 6) is 0.242. The minimum atomic E-state index is -0.0110. The summed E-state index contributed by atoms with van der Waals surface area (Å²) in [5, 5.41) is 12.7. The minimum absolute atomic E-state index is 0.00555. The number of para-hydroxylation sites is 1. The lowest BCUT2D eigenvalue weighted by Gasteiger charge is -2.16. The summed E-state index contributed by atoms with van der Waals surface area (Å²) in [6.07, 6.45) is 0.910. The van der Waals surface area contributed by atoms with Crippen LogP contribution in [0, 0.1) is 6.92 Å². The number of phenolic OH excluding ortho intramolecular Hbond substituents is 1. The van der Waals surface area contributed by atoms with Crippen molar-refractivity contribution < 1.29 is 9.90 Å². The van der Waals surface area contributed by atoms with Gasteiger partial charge in [0.05, 0.1) is 6.04 Å². The van der Waals surface area contributed by atoms with Crippen LogP contribution in [0.2, 0.25) is 0 Å². The van der Waals surface area contributed by atoms with Crippen LogP contribution in [-0.4, -0.2) is 11.0 Å². The quantitative estimate of drug-likeness (QED) is 0.882. The molecular weight excluding hydrogens is 262 g/mol. The second-order valence-electron chi connectivity index (χ2n) is 5.27. The van der Waals surface area contributed by atoms with E-state index in [1.165, 1.54) is 5.56 Å². The molecule has 0 fully saturated rings. The number of aryl methyl sites for hydroxylation is 2. The number of amides is 1. The molecule has 1 unspecified atom stereocenters. The highest BCUT2D eigenvalue weighted by molar-refractivity contribution is 5.76. The molecule has 0 radical (unpaired) electrons. The number of carbonyl (C=O) groups is 1. The van der Waals surface area contributed by atoms with Gasteiger partial charge in [-0.15, -0.1) is 0 Å². The first-order chi connectivity index (χ1) is 10.1. The van der Waals surface area contributed by atoms with E-state index in [1.54, 1.807) is 12.1 Å². The number of phenols is 1. The van der Waals surface area contributed by atoms with Gasteiger partial charge in [-0.25, -0.2) is 0 Å². The fourth-order valence-electron chi connectivity index (χ4n) is 2.43. The molecule has 0 spiro atoms. The molecule has 1 amide bonds. The fraction of sp³-hybridized carbons (Fsp3) is 0.278. The molecule has 3 heteroatoms. The molecule has 2 rings (SSSR count). The summed E-state index contributed by atoms with van der Waals surface area (Å²) >= 11 is 0. The number of carbonyl (C=O) groups excluding carboxylic acids is 1. The van der Waals surface area contributed by atoms with Crippen LogP contribution in [-0.2, 0) is 11.2 Å². The standard InChI is InChI=1S/C18H21NO2/c1-13-7-3-5-9-16(13)14(2)19-18(21)12-11-15-8-4-6-10-17(15)20/h3-10,14,20H,11-12H2,1-2H3,(H,19,21). The van der Waals surface area contributed by atoms with E-state index < -0.39 is 0 Å². The van der Waals surface area contributed by atoms with Gasteiger partial charge in [-0.05, 0) is 43.0 Å². The van der Waals surface area contributed by atoms with E-state index in [1.807, 2.05) is 50.2 Å². The van der Waals surface area contributed by atoms with E-state index >= 15 is 0 Å². The predicted molar refractivity (Wildman–Crippen MR) is 84.2 cm³/mol. The van der Waals surface area contributed by atoms with Crippen molar-refractivity contribution >= 4 is 5.91 Å². The van der Waals surface area contributed by atoms with Gasteiger partial charge < -0.3 is 10.4 Å². The largest absolute Gasteiger partial charge is 0.508 e. The number of nitrogens with one attached hydrogen (secondary N) is 1. The number of hydrogen-bond donors (Lipinski definition) is 2. The lowest BCUT2D eigenvalue weighted by molar-refractivity contribution is -0.121. The smallest absolute Gasteiger partial charge is 0.220 e. The Morgan fingerprint density at radius 2 is 1.81 bits per heavy atom. The molecule has 3 nitrogen and oxygen atoms in total. The third-order valence-corrected chi connectivity index (χ3v) is 3.65. The Morgan fingerprint density at radius 1 is 1.14 bits per heavy atom. The maximum atomic E-state index is 12.0. The van der Waals surface area contributed by atoms with E-state index in [0.29, 0.717) is 12.8 Å². The van der Waals surface area contributed by atoms with Gasteiger partial charge in [0, 0.05) is 6.42 Å². The van der Waals surface area contributed by atoms with Crippen LogP contribution in [0.25, 0.3) is 0 Å². The Balaban J connectivity index is 1.90. The molecule has 0 aliphatic rings. The molecule has 0 bridgehead atoms. The number of benzene rings is 2. The number of hydrogen-bond acceptors (Lipinski definition) is 2. The highest BCUT2D eigenvalue weighted by Gasteiger charge is 2.11. The second kappa shape index (κ2) is 6.93. The molecule has 1 atom stereocenters. The van der Waals surface area contributed by atoms with Crippen molar-refractivity contribution in [2.75, 3.05) is 0 Å². The summed E-state index contributed by atoms with van der Waals surface area (Å²) in [6, 6.07) is 15.2. The van der Waals surface area contributed by atoms with E-state index in [2.05, 4.69) is 5.32 Å². The lowest BCUT2D eigenvalue weighted by Crippen LogP contribution is -2.27. The molecule has 2 aromatic rings. The van der Waals surface area contributed by atoms with Gasteiger partial charge in [0.1, 0.15) is 5.75 Å². The molecule has 0 aliphatic carbocycles. The highest BCUT2D eigenvalue weighted by Crippen LogP contribution is 2.19. The van der Waals surface area contributed by atoms with Crippen LogP contribution in [0.1, 0.15) is 36.1 Å². The molecule has 0 aromatic heterocycles. The van der Waals surface area contributed by atoms with Crippen LogP contribution in [0.4, 0.5) is 0 Å². The Hall–Kier alpha value is -2.29. The van der Waals surface area contributed by atoms with Gasteiger partial charge >= 0.3 is 0 Å². The molecule has 21 heavy (non-hydrogen) atoms. The highest BCUT2D eigenvalue weighted by atomic mass is 16.3. The third kappa shape index (κ3) is 4.09. The maximum absolute atomic E-state index is 12.0. The average Bonchev–Trinajstić information content (AvgIpc) is 2.46. The van der Waals surface area contributed by atoms with E-state index in [0.717, 1.165) is 11.1 Å². The Morgan fingerprint density at radius 3 is 2.52 bits per heavy atom. The van der Waals surface area contributed by atoms with E-state index in [9.17, 15) is 9.90 Å². The molecule has 0 saturated carbocycles. The molecular formula is C18H21NO2. The predicted octanol–water partition coefficient (Wildman–Crippen LogP) is 3.51. The molecule has 2 aromatic carbocycles. The van der Waals surface area contributed by atoms with Crippen molar-refractivity contribution in [3.05, 3.63) is 65.2 Å². The monoisotopic (exact) mass is 283 g/mol. The van der Waals surface area contributed by atoms with Crippen LogP contribution in [0.3, 0.4) is 0 Å². The molecule has 0 aliphatic heterocycles. The minimum Gasteiger partial charge on any atom is -0.508 e. The van der Waals surface area contributed by atoms with Gasteiger partial charge in [-0.3, -0.25) is 4.79 Å².